The molecule has 0 heterocycles. The Hall–Kier alpha value is -1.95. The fourth-order valence-corrected chi connectivity index (χ4v) is 3.23. The number of rotatable bonds is 5. The zero-order valence-electron chi connectivity index (χ0n) is 11.1. The summed E-state index contributed by atoms with van der Waals surface area (Å²) in [7, 11) is 0. The van der Waals surface area contributed by atoms with Gasteiger partial charge in [-0.2, -0.15) is 0 Å². The van der Waals surface area contributed by atoms with Gasteiger partial charge in [0, 0.05) is 24.6 Å². The standard InChI is InChI=1S/C14H18N2O4/c15-9-12(14(13(17)18)7-1-2-8-14)10-3-5-11(6-4-10)16(19)20/h3-6,12H,1-2,7-9,15H2,(H,17,18)/t12-/m0/s1. The zero-order chi connectivity index (χ0) is 14.8. The van der Waals surface area contributed by atoms with Gasteiger partial charge in [-0.25, -0.2) is 0 Å². The highest BCUT2D eigenvalue weighted by atomic mass is 16.6. The number of benzene rings is 1. The molecule has 3 N–H and O–H groups in total. The van der Waals surface area contributed by atoms with Gasteiger partial charge in [0.15, 0.2) is 0 Å². The molecule has 0 amide bonds. The molecule has 1 aliphatic rings. The predicted octanol–water partition coefficient (Wildman–Crippen LogP) is 2.28. The average Bonchev–Trinajstić information content (AvgIpc) is 2.91. The van der Waals surface area contributed by atoms with Gasteiger partial charge in [0.1, 0.15) is 0 Å². The summed E-state index contributed by atoms with van der Waals surface area (Å²) in [6.45, 7) is 0.226. The molecule has 0 radical (unpaired) electrons. The van der Waals surface area contributed by atoms with Crippen molar-refractivity contribution in [3.05, 3.63) is 39.9 Å². The summed E-state index contributed by atoms with van der Waals surface area (Å²) >= 11 is 0. The molecule has 0 aromatic heterocycles. The first-order chi connectivity index (χ1) is 9.51. The molecule has 1 fully saturated rings. The Labute approximate surface area is 116 Å². The molecule has 20 heavy (non-hydrogen) atoms. The van der Waals surface area contributed by atoms with E-state index in [9.17, 15) is 20.0 Å². The Morgan fingerprint density at radius 3 is 2.30 bits per heavy atom. The van der Waals surface area contributed by atoms with Gasteiger partial charge in [0.2, 0.25) is 0 Å². The molecular formula is C14H18N2O4. The van der Waals surface area contributed by atoms with E-state index in [0.717, 1.165) is 18.4 Å². The molecule has 0 bridgehead atoms. The number of non-ortho nitro benzene ring substituents is 1. The number of nitrogens with zero attached hydrogens (tertiary/aromatic N) is 1. The van der Waals surface area contributed by atoms with Crippen LogP contribution < -0.4 is 5.73 Å². The monoisotopic (exact) mass is 278 g/mol. The highest BCUT2D eigenvalue weighted by molar-refractivity contribution is 5.76. The van der Waals surface area contributed by atoms with Crippen molar-refractivity contribution >= 4 is 11.7 Å². The van der Waals surface area contributed by atoms with E-state index in [2.05, 4.69) is 0 Å². The van der Waals surface area contributed by atoms with Crippen LogP contribution in [-0.4, -0.2) is 22.5 Å². The highest BCUT2D eigenvalue weighted by Crippen LogP contribution is 2.48. The normalized spacial score (nSPS) is 18.6. The summed E-state index contributed by atoms with van der Waals surface area (Å²) in [5, 5.41) is 20.3. The van der Waals surface area contributed by atoms with Crippen LogP contribution in [0.25, 0.3) is 0 Å². The SMILES string of the molecule is NC[C@@H](c1ccc([N+](=O)[O-])cc1)C1(C(=O)O)CCCC1. The molecule has 1 aromatic rings. The van der Waals surface area contributed by atoms with E-state index in [1.807, 2.05) is 0 Å². The third kappa shape index (κ3) is 2.38. The molecule has 6 heteroatoms. The Morgan fingerprint density at radius 2 is 1.90 bits per heavy atom. The van der Waals surface area contributed by atoms with Gasteiger partial charge in [0.05, 0.1) is 10.3 Å². The Balaban J connectivity index is 2.36. The third-order valence-corrected chi connectivity index (χ3v) is 4.33. The number of carbonyl (C=O) groups is 1. The van der Waals surface area contributed by atoms with Gasteiger partial charge >= 0.3 is 5.97 Å². The fourth-order valence-electron chi connectivity index (χ4n) is 3.23. The Kier molecular flexibility index (Phi) is 4.04. The van der Waals surface area contributed by atoms with Crippen molar-refractivity contribution in [3.8, 4) is 0 Å². The predicted molar refractivity (Wildman–Crippen MR) is 73.4 cm³/mol. The summed E-state index contributed by atoms with van der Waals surface area (Å²) in [4.78, 5) is 21.9. The summed E-state index contributed by atoms with van der Waals surface area (Å²) in [5.41, 5.74) is 5.75. The number of nitro groups is 1. The van der Waals surface area contributed by atoms with Crippen molar-refractivity contribution in [1.82, 2.24) is 0 Å². The van der Waals surface area contributed by atoms with Gasteiger partial charge in [0.25, 0.3) is 5.69 Å². The molecule has 0 saturated heterocycles. The Morgan fingerprint density at radius 1 is 1.35 bits per heavy atom. The maximum Gasteiger partial charge on any atom is 0.310 e. The molecule has 6 nitrogen and oxygen atoms in total. The molecule has 0 spiro atoms. The lowest BCUT2D eigenvalue weighted by molar-refractivity contribution is -0.384. The van der Waals surface area contributed by atoms with Gasteiger partial charge in [-0.05, 0) is 18.4 Å². The second kappa shape index (κ2) is 5.58. The number of carboxylic acid groups (broad SMARTS) is 1. The average molecular weight is 278 g/mol. The zero-order valence-corrected chi connectivity index (χ0v) is 11.1. The van der Waals surface area contributed by atoms with Crippen LogP contribution in [0.15, 0.2) is 24.3 Å². The van der Waals surface area contributed by atoms with E-state index in [-0.39, 0.29) is 18.2 Å². The maximum atomic E-state index is 11.7. The first-order valence-electron chi connectivity index (χ1n) is 6.69. The van der Waals surface area contributed by atoms with Gasteiger partial charge in [-0.3, -0.25) is 14.9 Å². The summed E-state index contributed by atoms with van der Waals surface area (Å²) in [6, 6.07) is 6.06. The minimum absolute atomic E-state index is 0.000295. The summed E-state index contributed by atoms with van der Waals surface area (Å²) in [5.74, 6) is -1.12. The number of nitrogens with two attached hydrogens (primary N) is 1. The van der Waals surface area contributed by atoms with Crippen molar-refractivity contribution in [3.63, 3.8) is 0 Å². The number of hydrogen-bond donors (Lipinski definition) is 2. The highest BCUT2D eigenvalue weighted by Gasteiger charge is 2.47. The van der Waals surface area contributed by atoms with Gasteiger partial charge in [-0.15, -0.1) is 0 Å². The quantitative estimate of drug-likeness (QED) is 0.634. The van der Waals surface area contributed by atoms with Crippen LogP contribution in [0.2, 0.25) is 0 Å². The molecule has 0 aliphatic heterocycles. The lowest BCUT2D eigenvalue weighted by Crippen LogP contribution is -2.38. The minimum Gasteiger partial charge on any atom is -0.481 e. The van der Waals surface area contributed by atoms with E-state index < -0.39 is 16.3 Å². The molecule has 1 aliphatic carbocycles. The van der Waals surface area contributed by atoms with Crippen LogP contribution in [0.5, 0.6) is 0 Å². The minimum atomic E-state index is -0.828. The van der Waals surface area contributed by atoms with Crippen LogP contribution >= 0.6 is 0 Å². The summed E-state index contributed by atoms with van der Waals surface area (Å²) < 4.78 is 0. The van der Waals surface area contributed by atoms with Gasteiger partial charge < -0.3 is 10.8 Å². The molecule has 1 aromatic carbocycles. The number of carboxylic acids is 1. The lowest BCUT2D eigenvalue weighted by atomic mass is 9.70. The molecule has 108 valence electrons. The number of nitro benzene ring substituents is 1. The van der Waals surface area contributed by atoms with Crippen molar-refractivity contribution in [2.45, 2.75) is 31.6 Å². The molecule has 1 atom stereocenters. The molecule has 1 saturated carbocycles. The smallest absolute Gasteiger partial charge is 0.310 e. The van der Waals surface area contributed by atoms with E-state index in [4.69, 9.17) is 5.73 Å². The van der Waals surface area contributed by atoms with Crippen LogP contribution in [0, 0.1) is 15.5 Å². The van der Waals surface area contributed by atoms with E-state index in [1.54, 1.807) is 12.1 Å². The van der Waals surface area contributed by atoms with E-state index in [1.165, 1.54) is 12.1 Å². The largest absolute Gasteiger partial charge is 0.481 e. The second-order valence-corrected chi connectivity index (χ2v) is 5.31. The van der Waals surface area contributed by atoms with E-state index in [0.29, 0.717) is 12.8 Å². The van der Waals surface area contributed by atoms with Crippen molar-refractivity contribution < 1.29 is 14.8 Å². The summed E-state index contributed by atoms with van der Waals surface area (Å²) in [6.07, 6.45) is 2.99. The first kappa shape index (κ1) is 14.5. The fraction of sp³-hybridized carbons (Fsp3) is 0.500. The molecular weight excluding hydrogens is 260 g/mol. The van der Waals surface area contributed by atoms with Crippen molar-refractivity contribution in [2.75, 3.05) is 6.54 Å². The van der Waals surface area contributed by atoms with Gasteiger partial charge in [-0.1, -0.05) is 25.0 Å². The third-order valence-electron chi connectivity index (χ3n) is 4.33. The van der Waals surface area contributed by atoms with Crippen molar-refractivity contribution in [1.29, 1.82) is 0 Å². The van der Waals surface area contributed by atoms with Crippen molar-refractivity contribution in [2.24, 2.45) is 11.1 Å². The number of aliphatic carboxylic acids is 1. The maximum absolute atomic E-state index is 11.7. The topological polar surface area (TPSA) is 106 Å². The van der Waals surface area contributed by atoms with E-state index >= 15 is 0 Å². The second-order valence-electron chi connectivity index (χ2n) is 5.31. The number of hydrogen-bond acceptors (Lipinski definition) is 4. The van der Waals surface area contributed by atoms with Crippen LogP contribution in [0.3, 0.4) is 0 Å². The Bertz CT molecular complexity index is 506. The van der Waals surface area contributed by atoms with Crippen LogP contribution in [0.1, 0.15) is 37.2 Å². The first-order valence-corrected chi connectivity index (χ1v) is 6.69. The molecule has 2 rings (SSSR count). The molecule has 0 unspecified atom stereocenters. The lowest BCUT2D eigenvalue weighted by Gasteiger charge is -2.33. The van der Waals surface area contributed by atoms with Crippen LogP contribution in [0.4, 0.5) is 5.69 Å². The van der Waals surface area contributed by atoms with Crippen LogP contribution in [-0.2, 0) is 4.79 Å².